The number of hydrogen-bond acceptors (Lipinski definition) is 2. The van der Waals surface area contributed by atoms with Crippen LogP contribution in [0.3, 0.4) is 0 Å². The molecule has 0 N–H and O–H groups in total. The Bertz CT molecular complexity index is 581. The van der Waals surface area contributed by atoms with Crippen molar-refractivity contribution in [1.29, 1.82) is 0 Å². The van der Waals surface area contributed by atoms with Crippen LogP contribution < -0.4 is 0 Å². The lowest BCUT2D eigenvalue weighted by Gasteiger charge is -2.35. The van der Waals surface area contributed by atoms with E-state index in [1.165, 1.54) is 89.7 Å². The topological polar surface area (TPSA) is 6.48 Å². The third kappa shape index (κ3) is 4.50. The molecule has 2 heterocycles. The summed E-state index contributed by atoms with van der Waals surface area (Å²) in [5.74, 6) is 2.76. The summed E-state index contributed by atoms with van der Waals surface area (Å²) < 4.78 is 0. The molecule has 2 saturated heterocycles. The maximum Gasteiger partial charge on any atom is 0.00955 e. The quantitative estimate of drug-likeness (QED) is 0.662. The average molecular weight is 411 g/mol. The van der Waals surface area contributed by atoms with E-state index < -0.39 is 0 Å². The summed E-state index contributed by atoms with van der Waals surface area (Å²) in [6, 6.07) is 10.7. The predicted octanol–water partition coefficient (Wildman–Crippen LogP) is 5.15. The largest absolute Gasteiger partial charge is 0.303 e. The number of nitrogens with zero attached hydrogens (tertiary/aromatic N) is 2. The second kappa shape index (κ2) is 9.48. The van der Waals surface area contributed by atoms with Crippen molar-refractivity contribution in [3.05, 3.63) is 35.4 Å². The molecule has 0 spiro atoms. The van der Waals surface area contributed by atoms with E-state index in [1.807, 2.05) is 0 Å². The van der Waals surface area contributed by atoms with Gasteiger partial charge in [0.15, 0.2) is 0 Å². The molecule has 0 aromatic heterocycles. The molecule has 2 nitrogen and oxygen atoms in total. The van der Waals surface area contributed by atoms with E-state index in [9.17, 15) is 0 Å². The fourth-order valence-electron chi connectivity index (χ4n) is 5.99. The van der Waals surface area contributed by atoms with E-state index in [0.717, 1.165) is 23.8 Å². The molecular formula is C23H36Cl2N2. The number of fused-ring (bicyclic) bond motifs is 1. The zero-order valence-corrected chi connectivity index (χ0v) is 18.2. The van der Waals surface area contributed by atoms with Gasteiger partial charge in [-0.15, -0.1) is 24.8 Å². The molecule has 152 valence electrons. The highest BCUT2D eigenvalue weighted by molar-refractivity contribution is 5.85. The maximum absolute atomic E-state index is 2.84. The van der Waals surface area contributed by atoms with Gasteiger partial charge < -0.3 is 4.90 Å². The Balaban J connectivity index is 0.00000105. The van der Waals surface area contributed by atoms with E-state index >= 15 is 0 Å². The van der Waals surface area contributed by atoms with Gasteiger partial charge in [-0.05, 0) is 86.9 Å². The van der Waals surface area contributed by atoms with Gasteiger partial charge >= 0.3 is 0 Å². The molecule has 1 aromatic rings. The Morgan fingerprint density at radius 1 is 0.815 bits per heavy atom. The molecule has 2 aliphatic carbocycles. The van der Waals surface area contributed by atoms with Crippen LogP contribution >= 0.6 is 24.8 Å². The van der Waals surface area contributed by atoms with Crippen molar-refractivity contribution in [2.24, 2.45) is 11.8 Å². The number of benzene rings is 1. The third-order valence-electron chi connectivity index (χ3n) is 7.80. The van der Waals surface area contributed by atoms with Crippen molar-refractivity contribution >= 4 is 24.8 Å². The molecule has 3 atom stereocenters. The summed E-state index contributed by atoms with van der Waals surface area (Å²) in [7, 11) is 0. The summed E-state index contributed by atoms with van der Waals surface area (Å²) >= 11 is 0. The molecular weight excluding hydrogens is 375 g/mol. The first kappa shape index (κ1) is 21.4. The minimum absolute atomic E-state index is 0. The Morgan fingerprint density at radius 3 is 2.22 bits per heavy atom. The Kier molecular flexibility index (Phi) is 7.52. The normalized spacial score (nSPS) is 31.2. The van der Waals surface area contributed by atoms with Gasteiger partial charge in [-0.1, -0.05) is 30.7 Å². The minimum Gasteiger partial charge on any atom is -0.303 e. The highest BCUT2D eigenvalue weighted by Crippen LogP contribution is 2.49. The van der Waals surface area contributed by atoms with Crippen molar-refractivity contribution in [2.75, 3.05) is 32.7 Å². The first-order valence-electron chi connectivity index (χ1n) is 10.9. The number of hydrogen-bond donors (Lipinski definition) is 0. The third-order valence-corrected chi connectivity index (χ3v) is 7.80. The molecule has 0 unspecified atom stereocenters. The van der Waals surface area contributed by atoms with Crippen LogP contribution in [0.25, 0.3) is 0 Å². The van der Waals surface area contributed by atoms with Crippen LogP contribution in [-0.2, 0) is 6.42 Å². The second-order valence-corrected chi connectivity index (χ2v) is 9.19. The van der Waals surface area contributed by atoms with E-state index in [-0.39, 0.29) is 24.8 Å². The summed E-state index contributed by atoms with van der Waals surface area (Å²) in [6.45, 7) is 6.68. The van der Waals surface area contributed by atoms with Gasteiger partial charge in [0.2, 0.25) is 0 Å². The van der Waals surface area contributed by atoms with Gasteiger partial charge in [0.05, 0.1) is 0 Å². The highest BCUT2D eigenvalue weighted by atomic mass is 35.5. The van der Waals surface area contributed by atoms with Gasteiger partial charge in [-0.25, -0.2) is 0 Å². The molecule has 0 amide bonds. The van der Waals surface area contributed by atoms with E-state index in [1.54, 1.807) is 5.56 Å². The monoisotopic (exact) mass is 410 g/mol. The average Bonchev–Trinajstić information content (AvgIpc) is 3.29. The van der Waals surface area contributed by atoms with Crippen molar-refractivity contribution < 1.29 is 0 Å². The van der Waals surface area contributed by atoms with Gasteiger partial charge in [0.25, 0.3) is 0 Å². The molecule has 0 bridgehead atoms. The van der Waals surface area contributed by atoms with Crippen LogP contribution in [0.4, 0.5) is 0 Å². The lowest BCUT2D eigenvalue weighted by molar-refractivity contribution is 0.146. The molecule has 1 aromatic carbocycles. The Morgan fingerprint density at radius 2 is 1.56 bits per heavy atom. The first-order chi connectivity index (χ1) is 12.4. The predicted molar refractivity (Wildman–Crippen MR) is 118 cm³/mol. The van der Waals surface area contributed by atoms with E-state index in [2.05, 4.69) is 34.1 Å². The summed E-state index contributed by atoms with van der Waals surface area (Å²) in [5, 5.41) is 0. The second-order valence-electron chi connectivity index (χ2n) is 9.19. The fourth-order valence-corrected chi connectivity index (χ4v) is 5.99. The van der Waals surface area contributed by atoms with Crippen LogP contribution in [0.2, 0.25) is 0 Å². The van der Waals surface area contributed by atoms with Crippen molar-refractivity contribution in [3.63, 3.8) is 0 Å². The fraction of sp³-hybridized carbons (Fsp3) is 0.739. The maximum atomic E-state index is 2.84. The molecule has 5 rings (SSSR count). The van der Waals surface area contributed by atoms with Crippen LogP contribution in [0.1, 0.15) is 62.0 Å². The molecule has 2 aliphatic heterocycles. The van der Waals surface area contributed by atoms with E-state index in [0.29, 0.717) is 0 Å². The molecule has 2 saturated carbocycles. The molecule has 27 heavy (non-hydrogen) atoms. The lowest BCUT2D eigenvalue weighted by atomic mass is 9.86. The minimum atomic E-state index is 0. The van der Waals surface area contributed by atoms with Gasteiger partial charge in [0, 0.05) is 25.7 Å². The molecule has 4 heteroatoms. The number of rotatable bonds is 5. The molecule has 4 aliphatic rings. The summed E-state index contributed by atoms with van der Waals surface area (Å²) in [5.41, 5.74) is 3.17. The molecule has 0 radical (unpaired) electrons. The Labute approximate surface area is 177 Å². The van der Waals surface area contributed by atoms with Crippen LogP contribution in [0.15, 0.2) is 24.3 Å². The SMILES string of the molecule is Cl.Cl.c1cc([C@@H]2CC[C@@H]3CN(C4CCC4)C[C@@H]32)ccc1CCN1CCCC1. The van der Waals surface area contributed by atoms with Crippen LogP contribution in [0, 0.1) is 11.8 Å². The van der Waals surface area contributed by atoms with Gasteiger partial charge in [-0.3, -0.25) is 4.90 Å². The number of halogens is 2. The van der Waals surface area contributed by atoms with Crippen molar-refractivity contribution in [3.8, 4) is 0 Å². The highest BCUT2D eigenvalue weighted by Gasteiger charge is 2.45. The van der Waals surface area contributed by atoms with Gasteiger partial charge in [-0.2, -0.15) is 0 Å². The van der Waals surface area contributed by atoms with E-state index in [4.69, 9.17) is 0 Å². The van der Waals surface area contributed by atoms with Crippen LogP contribution in [-0.4, -0.2) is 48.6 Å². The zero-order chi connectivity index (χ0) is 16.6. The summed E-state index contributed by atoms with van der Waals surface area (Å²) in [6.07, 6.45) is 11.3. The Hall–Kier alpha value is -0.280. The standard InChI is InChI=1S/C23H34N2.2ClH/c1-2-14-24(13-1)15-12-18-6-8-19(9-7-18)22-11-10-20-16-25(17-23(20)22)21-4-3-5-21;;/h6-9,20-23H,1-5,10-17H2;2*1H/t20-,22+,23+;;/m1../s1. The van der Waals surface area contributed by atoms with Crippen LogP contribution in [0.5, 0.6) is 0 Å². The zero-order valence-electron chi connectivity index (χ0n) is 16.5. The first-order valence-corrected chi connectivity index (χ1v) is 10.9. The molecule has 4 fully saturated rings. The lowest BCUT2D eigenvalue weighted by Crippen LogP contribution is -2.39. The number of likely N-dealkylation sites (tertiary alicyclic amines) is 2. The van der Waals surface area contributed by atoms with Crippen molar-refractivity contribution in [1.82, 2.24) is 9.80 Å². The van der Waals surface area contributed by atoms with Crippen molar-refractivity contribution in [2.45, 2.75) is 63.3 Å². The van der Waals surface area contributed by atoms with Gasteiger partial charge in [0.1, 0.15) is 0 Å². The summed E-state index contributed by atoms with van der Waals surface area (Å²) in [4.78, 5) is 5.47. The smallest absolute Gasteiger partial charge is 0.00955 e.